The van der Waals surface area contributed by atoms with Crippen molar-refractivity contribution in [2.45, 2.75) is 18.0 Å². The maximum atomic E-state index is 13.8. The van der Waals surface area contributed by atoms with Gasteiger partial charge in [0, 0.05) is 10.9 Å². The van der Waals surface area contributed by atoms with E-state index in [0.29, 0.717) is 24.3 Å². The van der Waals surface area contributed by atoms with Gasteiger partial charge in [-0.05, 0) is 24.3 Å². The third-order valence-electron chi connectivity index (χ3n) is 4.17. The largest absolute Gasteiger partial charge is 0.545 e. The fraction of sp³-hybridized carbons (Fsp3) is 0.158. The van der Waals surface area contributed by atoms with E-state index in [2.05, 4.69) is 9.15 Å². The molecule has 3 aromatic rings. The summed E-state index contributed by atoms with van der Waals surface area (Å²) in [6.45, 7) is 0. The quantitative estimate of drug-likeness (QED) is 0.466. The highest BCUT2D eigenvalue weighted by molar-refractivity contribution is 5.90. The van der Waals surface area contributed by atoms with Gasteiger partial charge in [-0.15, -0.1) is 0 Å². The third-order valence-corrected chi connectivity index (χ3v) is 4.17. The van der Waals surface area contributed by atoms with Crippen molar-refractivity contribution in [3.05, 3.63) is 76.1 Å². The van der Waals surface area contributed by atoms with Crippen LogP contribution in [0, 0.1) is 0 Å². The van der Waals surface area contributed by atoms with Gasteiger partial charge in [0.05, 0.1) is 11.5 Å². The summed E-state index contributed by atoms with van der Waals surface area (Å²) in [4.78, 5) is 22.4. The number of ether oxygens (including phenoxy) is 1. The predicted molar refractivity (Wildman–Crippen MR) is 87.7 cm³/mol. The Labute approximate surface area is 163 Å². The van der Waals surface area contributed by atoms with E-state index < -0.39 is 46.4 Å². The number of rotatable bonds is 4. The monoisotopic (exact) mass is 431 g/mol. The first-order valence-electron chi connectivity index (χ1n) is 8.04. The Hall–Kier alpha value is -3.50. The van der Waals surface area contributed by atoms with E-state index in [0.717, 1.165) is 24.3 Å². The molecule has 0 unspecified atom stereocenters. The molecule has 0 bridgehead atoms. The van der Waals surface area contributed by atoms with E-state index >= 15 is 0 Å². The molecule has 0 atom stereocenters. The first-order chi connectivity index (χ1) is 13.9. The number of hydrogen-bond acceptors (Lipinski definition) is 5. The maximum Gasteiger partial charge on any atom is 0.442 e. The number of carboxylic acids is 1. The summed E-state index contributed by atoms with van der Waals surface area (Å²) in [5, 5.41) is 10.6. The zero-order chi connectivity index (χ0) is 22.3. The number of benzene rings is 2. The summed E-state index contributed by atoms with van der Waals surface area (Å²) in [6, 6.07) is 7.48. The molecule has 30 heavy (non-hydrogen) atoms. The number of halogens is 6. The minimum absolute atomic E-state index is 0.276. The second-order valence-electron chi connectivity index (χ2n) is 6.08. The lowest BCUT2D eigenvalue weighted by Gasteiger charge is -2.37. The number of carbonyl (C=O) groups excluding carboxylic acids is 1. The zero-order valence-corrected chi connectivity index (χ0v) is 14.5. The molecule has 0 aliphatic heterocycles. The molecular formula is C19H9F6O5-. The van der Waals surface area contributed by atoms with Crippen LogP contribution in [0.5, 0.6) is 5.75 Å². The Morgan fingerprint density at radius 1 is 0.900 bits per heavy atom. The summed E-state index contributed by atoms with van der Waals surface area (Å²) in [5.41, 5.74) is -8.44. The molecule has 3 rings (SSSR count). The summed E-state index contributed by atoms with van der Waals surface area (Å²) in [5.74, 6) is -2.82. The van der Waals surface area contributed by atoms with Crippen LogP contribution in [0.4, 0.5) is 26.3 Å². The van der Waals surface area contributed by atoms with Crippen LogP contribution in [-0.2, 0) is 5.60 Å². The van der Waals surface area contributed by atoms with Crippen LogP contribution in [-0.4, -0.2) is 18.3 Å². The highest BCUT2D eigenvalue weighted by Gasteiger charge is 2.74. The number of hydrogen-bond donors (Lipinski definition) is 0. The molecule has 0 saturated carbocycles. The van der Waals surface area contributed by atoms with Crippen molar-refractivity contribution in [2.24, 2.45) is 0 Å². The van der Waals surface area contributed by atoms with Crippen LogP contribution in [0.15, 0.2) is 63.8 Å². The first-order valence-corrected chi connectivity index (χ1v) is 8.04. The normalized spacial score (nSPS) is 12.7. The Kier molecular flexibility index (Phi) is 5.01. The molecule has 11 heteroatoms. The van der Waals surface area contributed by atoms with Gasteiger partial charge in [-0.1, -0.05) is 30.3 Å². The van der Waals surface area contributed by atoms with Crippen LogP contribution in [0.3, 0.4) is 0 Å². The first kappa shape index (κ1) is 21.2. The zero-order valence-electron chi connectivity index (χ0n) is 14.5. The van der Waals surface area contributed by atoms with Gasteiger partial charge >= 0.3 is 23.6 Å². The van der Waals surface area contributed by atoms with Crippen LogP contribution in [0.25, 0.3) is 11.0 Å². The lowest BCUT2D eigenvalue weighted by molar-refractivity contribution is -0.365. The van der Waals surface area contributed by atoms with Crippen LogP contribution in [0.1, 0.15) is 15.9 Å². The van der Waals surface area contributed by atoms with E-state index in [4.69, 9.17) is 0 Å². The van der Waals surface area contributed by atoms with Crippen LogP contribution >= 0.6 is 0 Å². The van der Waals surface area contributed by atoms with Gasteiger partial charge < -0.3 is 19.1 Å². The lowest BCUT2D eigenvalue weighted by atomic mass is 9.91. The van der Waals surface area contributed by atoms with Gasteiger partial charge in [-0.3, -0.25) is 0 Å². The molecule has 158 valence electrons. The Bertz CT molecular complexity index is 1130. The average Bonchev–Trinajstić information content (AvgIpc) is 2.64. The summed E-state index contributed by atoms with van der Waals surface area (Å²) in [6.07, 6.45) is -11.8. The summed E-state index contributed by atoms with van der Waals surface area (Å²) < 4.78 is 91.9. The molecule has 0 saturated heterocycles. The highest BCUT2D eigenvalue weighted by atomic mass is 19.4. The van der Waals surface area contributed by atoms with Crippen molar-refractivity contribution in [1.82, 2.24) is 0 Å². The van der Waals surface area contributed by atoms with Crippen molar-refractivity contribution in [2.75, 3.05) is 0 Å². The molecule has 0 N–H and O–H groups in total. The van der Waals surface area contributed by atoms with Crippen molar-refractivity contribution in [3.8, 4) is 5.75 Å². The number of alkyl halides is 6. The van der Waals surface area contributed by atoms with Gasteiger partial charge in [0.1, 0.15) is 11.3 Å². The van der Waals surface area contributed by atoms with Gasteiger partial charge in [-0.2, -0.15) is 26.3 Å². The molecule has 1 heterocycles. The van der Waals surface area contributed by atoms with Crippen LogP contribution < -0.4 is 15.5 Å². The minimum Gasteiger partial charge on any atom is -0.545 e. The topological polar surface area (TPSA) is 79.6 Å². The third kappa shape index (κ3) is 3.46. The molecule has 1 aromatic heterocycles. The average molecular weight is 431 g/mol. The second-order valence-corrected chi connectivity index (χ2v) is 6.08. The second kappa shape index (κ2) is 7.08. The molecule has 0 aliphatic rings. The van der Waals surface area contributed by atoms with Crippen molar-refractivity contribution in [1.29, 1.82) is 0 Å². The molecule has 2 aromatic carbocycles. The smallest absolute Gasteiger partial charge is 0.442 e. The van der Waals surface area contributed by atoms with E-state index in [1.807, 2.05) is 0 Å². The number of aromatic carboxylic acids is 1. The lowest BCUT2D eigenvalue weighted by Crippen LogP contribution is -2.58. The standard InChI is InChI=1S/C19H10F6O5/c20-18(21,22)17(19(23,24)25,11-4-2-1-3-5-11)30-12-6-7-14-10(8-12)9-13(15(26)27)16(28)29-14/h1-9H,(H,26,27)/p-1. The van der Waals surface area contributed by atoms with Gasteiger partial charge in [0.2, 0.25) is 0 Å². The maximum absolute atomic E-state index is 13.8. The van der Waals surface area contributed by atoms with Gasteiger partial charge in [-0.25, -0.2) is 4.79 Å². The van der Waals surface area contributed by atoms with Crippen molar-refractivity contribution < 1.29 is 45.4 Å². The van der Waals surface area contributed by atoms with E-state index in [1.165, 1.54) is 6.07 Å². The molecule has 0 radical (unpaired) electrons. The number of carboxylic acid groups (broad SMARTS) is 1. The van der Waals surface area contributed by atoms with Crippen molar-refractivity contribution >= 4 is 16.9 Å². The van der Waals surface area contributed by atoms with E-state index in [9.17, 15) is 41.0 Å². The fourth-order valence-electron chi connectivity index (χ4n) is 2.82. The molecule has 0 fully saturated rings. The minimum atomic E-state index is -5.92. The molecule has 5 nitrogen and oxygen atoms in total. The summed E-state index contributed by atoms with van der Waals surface area (Å²) >= 11 is 0. The Balaban J connectivity index is 2.22. The van der Waals surface area contributed by atoms with Crippen molar-refractivity contribution in [3.63, 3.8) is 0 Å². The SMILES string of the molecule is O=C([O-])c1cc2cc(OC(c3ccccc3)(C(F)(F)F)C(F)(F)F)ccc2oc1=O. The van der Waals surface area contributed by atoms with E-state index in [1.54, 1.807) is 0 Å². The molecule has 0 amide bonds. The van der Waals surface area contributed by atoms with Gasteiger partial charge in [0.15, 0.2) is 0 Å². The Morgan fingerprint density at radius 2 is 1.50 bits per heavy atom. The number of fused-ring (bicyclic) bond motifs is 1. The van der Waals surface area contributed by atoms with Gasteiger partial charge in [0.25, 0.3) is 0 Å². The molecule has 0 spiro atoms. The predicted octanol–water partition coefficient (Wildman–Crippen LogP) is 3.56. The highest BCUT2D eigenvalue weighted by Crippen LogP contribution is 2.53. The number of carbonyl (C=O) groups is 1. The fourth-order valence-corrected chi connectivity index (χ4v) is 2.82. The molecule has 0 aliphatic carbocycles. The van der Waals surface area contributed by atoms with Crippen LogP contribution in [0.2, 0.25) is 0 Å². The molecular weight excluding hydrogens is 422 g/mol. The Morgan fingerprint density at radius 3 is 2.03 bits per heavy atom. The summed E-state index contributed by atoms with van der Waals surface area (Å²) in [7, 11) is 0. The van der Waals surface area contributed by atoms with E-state index in [-0.39, 0.29) is 11.0 Å².